The van der Waals surface area contributed by atoms with Crippen LogP contribution in [0.2, 0.25) is 0 Å². The summed E-state index contributed by atoms with van der Waals surface area (Å²) in [6.45, 7) is 1.97. The van der Waals surface area contributed by atoms with Gasteiger partial charge < -0.3 is 10.6 Å². The Morgan fingerprint density at radius 3 is 2.92 bits per heavy atom. The topological polar surface area (TPSA) is 78.5 Å². The van der Waals surface area contributed by atoms with E-state index in [0.29, 0.717) is 6.54 Å². The quantitative estimate of drug-likeness (QED) is 0.604. The number of amides is 4. The molecule has 0 bridgehead atoms. The molecule has 1 aromatic heterocycles. The Labute approximate surface area is 151 Å². The highest BCUT2D eigenvalue weighted by molar-refractivity contribution is 7.10. The van der Waals surface area contributed by atoms with Gasteiger partial charge in [-0.3, -0.25) is 14.5 Å². The molecular weight excluding hydrogens is 338 g/mol. The number of thiophene rings is 1. The molecule has 1 aliphatic heterocycles. The van der Waals surface area contributed by atoms with E-state index in [1.165, 1.54) is 29.8 Å². The maximum absolute atomic E-state index is 12.7. The number of rotatable bonds is 6. The lowest BCUT2D eigenvalue weighted by Crippen LogP contribution is -2.43. The zero-order valence-electron chi connectivity index (χ0n) is 14.3. The van der Waals surface area contributed by atoms with Gasteiger partial charge in [0.25, 0.3) is 5.91 Å². The molecule has 0 radical (unpaired) electrons. The van der Waals surface area contributed by atoms with Crippen molar-refractivity contribution in [3.8, 4) is 0 Å². The summed E-state index contributed by atoms with van der Waals surface area (Å²) in [5.41, 5.74) is 0.296. The van der Waals surface area contributed by atoms with Gasteiger partial charge in [0.1, 0.15) is 6.54 Å². The van der Waals surface area contributed by atoms with Crippen molar-refractivity contribution in [1.29, 1.82) is 0 Å². The Morgan fingerprint density at radius 1 is 1.40 bits per heavy atom. The molecule has 134 valence electrons. The minimum atomic E-state index is -1.08. The highest BCUT2D eigenvalue weighted by Crippen LogP contribution is 2.31. The normalized spacial score (nSPS) is 23.4. The molecule has 0 spiro atoms. The minimum Gasteiger partial charge on any atom is -0.354 e. The molecule has 1 aromatic rings. The van der Waals surface area contributed by atoms with Gasteiger partial charge in [0.2, 0.25) is 5.91 Å². The zero-order chi connectivity index (χ0) is 17.9. The van der Waals surface area contributed by atoms with Gasteiger partial charge in [-0.1, -0.05) is 17.7 Å². The van der Waals surface area contributed by atoms with Gasteiger partial charge in [0, 0.05) is 11.4 Å². The molecule has 0 aromatic carbocycles. The first-order valence-corrected chi connectivity index (χ1v) is 9.51. The first-order valence-electron chi connectivity index (χ1n) is 8.63. The summed E-state index contributed by atoms with van der Waals surface area (Å²) in [6.07, 6.45) is 7.75. The summed E-state index contributed by atoms with van der Waals surface area (Å²) in [5.74, 6) is -0.694. The highest BCUT2D eigenvalue weighted by atomic mass is 32.1. The predicted octanol–water partition coefficient (Wildman–Crippen LogP) is 2.52. The second-order valence-corrected chi connectivity index (χ2v) is 7.58. The van der Waals surface area contributed by atoms with E-state index in [1.54, 1.807) is 6.92 Å². The van der Waals surface area contributed by atoms with Crippen molar-refractivity contribution in [2.75, 3.05) is 13.1 Å². The number of hydrogen-bond donors (Lipinski definition) is 2. The van der Waals surface area contributed by atoms with Crippen LogP contribution in [0, 0.1) is 0 Å². The van der Waals surface area contributed by atoms with Gasteiger partial charge in [-0.15, -0.1) is 11.3 Å². The summed E-state index contributed by atoms with van der Waals surface area (Å²) in [4.78, 5) is 38.7. The first kappa shape index (κ1) is 17.7. The fourth-order valence-electron chi connectivity index (χ4n) is 3.26. The van der Waals surface area contributed by atoms with Gasteiger partial charge in [0.05, 0.1) is 0 Å². The second-order valence-electron chi connectivity index (χ2n) is 6.63. The Balaban J connectivity index is 1.53. The monoisotopic (exact) mass is 361 g/mol. The van der Waals surface area contributed by atoms with Crippen molar-refractivity contribution < 1.29 is 14.4 Å². The number of carbonyl (C=O) groups is 3. The molecule has 6 nitrogen and oxygen atoms in total. The van der Waals surface area contributed by atoms with Crippen molar-refractivity contribution in [2.24, 2.45) is 0 Å². The molecule has 1 saturated heterocycles. The zero-order valence-corrected chi connectivity index (χ0v) is 15.2. The molecule has 1 atom stereocenters. The van der Waals surface area contributed by atoms with Gasteiger partial charge >= 0.3 is 6.03 Å². The number of nitrogens with one attached hydrogen (secondary N) is 2. The Bertz CT molecular complexity index is 698. The average molecular weight is 361 g/mol. The maximum Gasteiger partial charge on any atom is 0.325 e. The molecule has 2 aliphatic rings. The molecule has 2 N–H and O–H groups in total. The van der Waals surface area contributed by atoms with Crippen molar-refractivity contribution in [1.82, 2.24) is 15.5 Å². The van der Waals surface area contributed by atoms with Crippen molar-refractivity contribution in [2.45, 2.75) is 44.6 Å². The number of carbonyl (C=O) groups excluding carboxylic acids is 3. The predicted molar refractivity (Wildman–Crippen MR) is 96.1 cm³/mol. The molecule has 0 saturated carbocycles. The van der Waals surface area contributed by atoms with Gasteiger partial charge in [0.15, 0.2) is 5.54 Å². The van der Waals surface area contributed by atoms with Crippen LogP contribution in [-0.2, 0) is 15.1 Å². The Morgan fingerprint density at radius 2 is 2.24 bits per heavy atom. The van der Waals surface area contributed by atoms with E-state index in [1.807, 2.05) is 17.5 Å². The number of hydrogen-bond acceptors (Lipinski definition) is 4. The molecular formula is C18H23N3O3S. The van der Waals surface area contributed by atoms with E-state index >= 15 is 0 Å². The fraction of sp³-hybridized carbons (Fsp3) is 0.500. The third-order valence-electron chi connectivity index (χ3n) is 4.74. The molecule has 4 amide bonds. The SMILES string of the molecule is CC1(c2cccs2)NC(=O)N(CC(=O)NCCC2=CCCCC2)C1=O. The molecule has 25 heavy (non-hydrogen) atoms. The highest BCUT2D eigenvalue weighted by Gasteiger charge is 2.50. The van der Waals surface area contributed by atoms with E-state index in [4.69, 9.17) is 0 Å². The lowest BCUT2D eigenvalue weighted by atomic mass is 9.97. The summed E-state index contributed by atoms with van der Waals surface area (Å²) in [5, 5.41) is 7.37. The van der Waals surface area contributed by atoms with Crippen molar-refractivity contribution >= 4 is 29.2 Å². The molecule has 1 aliphatic carbocycles. The first-order chi connectivity index (χ1) is 12.0. The largest absolute Gasteiger partial charge is 0.354 e. The standard InChI is InChI=1S/C18H23N3O3S/c1-18(14-8-5-11-25-14)16(23)21(17(24)20-18)12-15(22)19-10-9-13-6-3-2-4-7-13/h5-6,8,11H,2-4,7,9-10,12H2,1H3,(H,19,22)(H,20,24). The minimum absolute atomic E-state index is 0.245. The molecule has 1 fully saturated rings. The van der Waals surface area contributed by atoms with Gasteiger partial charge in [-0.25, -0.2) is 4.79 Å². The van der Waals surface area contributed by atoms with Crippen LogP contribution in [0.3, 0.4) is 0 Å². The summed E-state index contributed by atoms with van der Waals surface area (Å²) < 4.78 is 0. The van der Waals surface area contributed by atoms with Crippen LogP contribution in [0.15, 0.2) is 29.2 Å². The molecule has 2 heterocycles. The van der Waals surface area contributed by atoms with E-state index in [-0.39, 0.29) is 18.4 Å². The van der Waals surface area contributed by atoms with Crippen LogP contribution >= 0.6 is 11.3 Å². The summed E-state index contributed by atoms with van der Waals surface area (Å²) in [7, 11) is 0. The fourth-order valence-corrected chi connectivity index (χ4v) is 4.10. The van der Waals surface area contributed by atoms with E-state index < -0.39 is 11.6 Å². The molecule has 1 unspecified atom stereocenters. The van der Waals surface area contributed by atoms with E-state index in [0.717, 1.165) is 29.0 Å². The van der Waals surface area contributed by atoms with Gasteiger partial charge in [-0.2, -0.15) is 0 Å². The number of allylic oxidation sites excluding steroid dienone is 1. The summed E-state index contributed by atoms with van der Waals surface area (Å²) >= 11 is 1.41. The lowest BCUT2D eigenvalue weighted by Gasteiger charge is -2.20. The average Bonchev–Trinajstić information content (AvgIpc) is 3.21. The maximum atomic E-state index is 12.7. The lowest BCUT2D eigenvalue weighted by molar-refractivity contribution is -0.134. The molecule has 7 heteroatoms. The third kappa shape index (κ3) is 3.76. The third-order valence-corrected chi connectivity index (χ3v) is 5.84. The molecule has 3 rings (SSSR count). The Hall–Kier alpha value is -2.15. The number of nitrogens with zero attached hydrogens (tertiary/aromatic N) is 1. The van der Waals surface area contributed by atoms with Crippen LogP contribution in [0.1, 0.15) is 43.9 Å². The van der Waals surface area contributed by atoms with E-state index in [9.17, 15) is 14.4 Å². The van der Waals surface area contributed by atoms with Crippen LogP contribution < -0.4 is 10.6 Å². The van der Waals surface area contributed by atoms with Crippen molar-refractivity contribution in [3.05, 3.63) is 34.0 Å². The van der Waals surface area contributed by atoms with Crippen LogP contribution in [0.5, 0.6) is 0 Å². The van der Waals surface area contributed by atoms with Crippen LogP contribution in [0.4, 0.5) is 4.79 Å². The van der Waals surface area contributed by atoms with Crippen LogP contribution in [-0.4, -0.2) is 35.8 Å². The Kier molecular flexibility index (Phi) is 5.22. The number of urea groups is 1. The van der Waals surface area contributed by atoms with E-state index in [2.05, 4.69) is 16.7 Å². The van der Waals surface area contributed by atoms with Crippen molar-refractivity contribution in [3.63, 3.8) is 0 Å². The van der Waals surface area contributed by atoms with Crippen LogP contribution in [0.25, 0.3) is 0 Å². The summed E-state index contributed by atoms with van der Waals surface area (Å²) in [6, 6.07) is 3.12. The second kappa shape index (κ2) is 7.39. The smallest absolute Gasteiger partial charge is 0.325 e. The number of imide groups is 1. The van der Waals surface area contributed by atoms with Gasteiger partial charge in [-0.05, 0) is 50.5 Å².